The summed E-state index contributed by atoms with van der Waals surface area (Å²) in [4.78, 5) is 34.8. The van der Waals surface area contributed by atoms with E-state index >= 15 is 0 Å². The molecule has 0 aromatic heterocycles. The van der Waals surface area contributed by atoms with Crippen molar-refractivity contribution < 1.29 is 24.0 Å². The van der Waals surface area contributed by atoms with Gasteiger partial charge in [-0.1, -0.05) is 44.2 Å². The number of carbonyl (C=O) groups is 2. The van der Waals surface area contributed by atoms with E-state index in [9.17, 15) is 19.7 Å². The average Bonchev–Trinajstić information content (AvgIpc) is 2.55. The van der Waals surface area contributed by atoms with Crippen molar-refractivity contribution in [3.05, 3.63) is 46.0 Å². The molecule has 0 N–H and O–H groups in total. The molecule has 1 aliphatic rings. The molecule has 0 spiro atoms. The Morgan fingerprint density at radius 2 is 1.88 bits per heavy atom. The third-order valence-corrected chi connectivity index (χ3v) is 5.19. The van der Waals surface area contributed by atoms with Crippen LogP contribution >= 0.6 is 0 Å². The molecule has 26 heavy (non-hydrogen) atoms. The maximum absolute atomic E-state index is 11.9. The van der Waals surface area contributed by atoms with Gasteiger partial charge in [-0.25, -0.2) is 0 Å². The van der Waals surface area contributed by atoms with Crippen LogP contribution in [-0.2, 0) is 24.5 Å². The lowest BCUT2D eigenvalue weighted by atomic mass is 9.63. The maximum Gasteiger partial charge on any atom is 0.308 e. The van der Waals surface area contributed by atoms with Gasteiger partial charge in [0.1, 0.15) is 0 Å². The first kappa shape index (κ1) is 19.9. The molecule has 142 valence electrons. The van der Waals surface area contributed by atoms with Crippen molar-refractivity contribution in [2.75, 3.05) is 7.11 Å². The molecule has 0 bridgehead atoms. The van der Waals surface area contributed by atoms with Crippen LogP contribution in [0.3, 0.4) is 0 Å². The van der Waals surface area contributed by atoms with Gasteiger partial charge in [0.15, 0.2) is 5.60 Å². The van der Waals surface area contributed by atoms with Crippen molar-refractivity contribution in [2.24, 2.45) is 5.92 Å². The van der Waals surface area contributed by atoms with E-state index in [1.54, 1.807) is 0 Å². The third-order valence-electron chi connectivity index (χ3n) is 5.19. The number of ether oxygens (including phenoxy) is 2. The number of esters is 2. The van der Waals surface area contributed by atoms with Crippen LogP contribution in [0.5, 0.6) is 0 Å². The monoisotopic (exact) mass is 363 g/mol. The summed E-state index contributed by atoms with van der Waals surface area (Å²) in [5.41, 5.74) is -0.809. The topological polar surface area (TPSA) is 95.7 Å². The summed E-state index contributed by atoms with van der Waals surface area (Å²) in [5, 5.41) is 11.9. The summed E-state index contributed by atoms with van der Waals surface area (Å²) in [5.74, 6) is -1.50. The summed E-state index contributed by atoms with van der Waals surface area (Å²) < 4.78 is 10.1. The first-order valence-electron chi connectivity index (χ1n) is 8.58. The highest BCUT2D eigenvalue weighted by Crippen LogP contribution is 2.48. The highest BCUT2D eigenvalue weighted by molar-refractivity contribution is 5.74. The van der Waals surface area contributed by atoms with Crippen LogP contribution in [0, 0.1) is 16.0 Å². The van der Waals surface area contributed by atoms with Crippen LogP contribution in [0.25, 0.3) is 0 Å². The molecule has 7 nitrogen and oxygen atoms in total. The summed E-state index contributed by atoms with van der Waals surface area (Å²) in [6.07, 6.45) is 0.400. The van der Waals surface area contributed by atoms with Crippen LogP contribution < -0.4 is 0 Å². The van der Waals surface area contributed by atoms with Gasteiger partial charge in [0.25, 0.3) is 6.04 Å². The quantitative estimate of drug-likeness (QED) is 0.420. The van der Waals surface area contributed by atoms with Crippen LogP contribution in [0.2, 0.25) is 0 Å². The van der Waals surface area contributed by atoms with E-state index in [0.29, 0.717) is 0 Å². The van der Waals surface area contributed by atoms with E-state index in [0.717, 1.165) is 5.56 Å². The molecule has 1 fully saturated rings. The molecule has 0 radical (unpaired) electrons. The zero-order valence-electron chi connectivity index (χ0n) is 15.6. The summed E-state index contributed by atoms with van der Waals surface area (Å²) in [6.45, 7) is 5.08. The van der Waals surface area contributed by atoms with Crippen molar-refractivity contribution in [2.45, 2.75) is 57.1 Å². The highest BCUT2D eigenvalue weighted by Gasteiger charge is 2.61. The molecule has 1 atom stereocenters. The fraction of sp³-hybridized carbons (Fsp3) is 0.579. The predicted molar refractivity (Wildman–Crippen MR) is 94.1 cm³/mol. The van der Waals surface area contributed by atoms with E-state index in [1.807, 2.05) is 44.2 Å². The lowest BCUT2D eigenvalue weighted by molar-refractivity contribution is -0.553. The maximum atomic E-state index is 11.9. The second kappa shape index (κ2) is 7.43. The van der Waals surface area contributed by atoms with Crippen molar-refractivity contribution in [1.82, 2.24) is 0 Å². The lowest BCUT2D eigenvalue weighted by Crippen LogP contribution is -2.61. The molecule has 7 heteroatoms. The smallest absolute Gasteiger partial charge is 0.308 e. The first-order valence-corrected chi connectivity index (χ1v) is 8.58. The zero-order valence-corrected chi connectivity index (χ0v) is 15.6. The second-order valence-corrected chi connectivity index (χ2v) is 7.54. The summed E-state index contributed by atoms with van der Waals surface area (Å²) >= 11 is 0. The number of carbonyl (C=O) groups excluding carboxylic acids is 2. The minimum Gasteiger partial charge on any atom is -0.469 e. The van der Waals surface area contributed by atoms with Gasteiger partial charge in [-0.05, 0) is 11.0 Å². The Labute approximate surface area is 152 Å². The average molecular weight is 363 g/mol. The molecule has 2 rings (SSSR count). The molecule has 0 aliphatic heterocycles. The van der Waals surface area contributed by atoms with Crippen LogP contribution in [-0.4, -0.2) is 35.6 Å². The van der Waals surface area contributed by atoms with Crippen molar-refractivity contribution in [3.63, 3.8) is 0 Å². The number of rotatable bonds is 7. The Morgan fingerprint density at radius 3 is 2.35 bits per heavy atom. The summed E-state index contributed by atoms with van der Waals surface area (Å²) in [6, 6.07) is 8.40. The largest absolute Gasteiger partial charge is 0.469 e. The Morgan fingerprint density at radius 1 is 1.31 bits per heavy atom. The van der Waals surface area contributed by atoms with Gasteiger partial charge < -0.3 is 9.47 Å². The van der Waals surface area contributed by atoms with Gasteiger partial charge in [-0.3, -0.25) is 19.7 Å². The van der Waals surface area contributed by atoms with Gasteiger partial charge in [0, 0.05) is 31.1 Å². The van der Waals surface area contributed by atoms with E-state index in [1.165, 1.54) is 14.0 Å². The van der Waals surface area contributed by atoms with Crippen LogP contribution in [0.4, 0.5) is 0 Å². The van der Waals surface area contributed by atoms with Crippen molar-refractivity contribution in [1.29, 1.82) is 0 Å². The number of benzene rings is 1. The van der Waals surface area contributed by atoms with Gasteiger partial charge in [-0.15, -0.1) is 0 Å². The number of methoxy groups -OCH3 is 1. The molecular formula is C19H25NO6. The number of nitro groups is 1. The molecule has 1 aliphatic carbocycles. The molecule has 0 heterocycles. The Bertz CT molecular complexity index is 679. The molecule has 1 unspecified atom stereocenters. The highest BCUT2D eigenvalue weighted by atomic mass is 16.6. The number of nitrogens with zero attached hydrogens (tertiary/aromatic N) is 1. The molecular weight excluding hydrogens is 338 g/mol. The Hall–Kier alpha value is -2.44. The molecule has 1 saturated carbocycles. The summed E-state index contributed by atoms with van der Waals surface area (Å²) in [7, 11) is 1.28. The number of hydrogen-bond donors (Lipinski definition) is 0. The van der Waals surface area contributed by atoms with Gasteiger partial charge in [0.05, 0.1) is 13.0 Å². The first-order chi connectivity index (χ1) is 12.1. The fourth-order valence-electron chi connectivity index (χ4n) is 3.76. The van der Waals surface area contributed by atoms with E-state index in [-0.39, 0.29) is 24.2 Å². The van der Waals surface area contributed by atoms with E-state index in [4.69, 9.17) is 9.47 Å². The minimum absolute atomic E-state index is 0.107. The standard InChI is InChI=1S/C19H25NO6/c1-13(21)26-19(10-14(11-19)17(22)25-4)16(20(23)24)12-18(2,3)15-8-6-5-7-9-15/h5-9,14,16H,10-12H2,1-4H3. The van der Waals surface area contributed by atoms with Gasteiger partial charge in [-0.2, -0.15) is 0 Å². The van der Waals surface area contributed by atoms with Crippen molar-refractivity contribution in [3.8, 4) is 0 Å². The third kappa shape index (κ3) is 4.03. The second-order valence-electron chi connectivity index (χ2n) is 7.54. The minimum atomic E-state index is -1.28. The van der Waals surface area contributed by atoms with Crippen LogP contribution in [0.1, 0.15) is 45.6 Å². The van der Waals surface area contributed by atoms with E-state index < -0.39 is 34.9 Å². The normalized spacial score (nSPS) is 23.5. The number of hydrogen-bond acceptors (Lipinski definition) is 6. The zero-order chi connectivity index (χ0) is 19.5. The van der Waals surface area contributed by atoms with Crippen molar-refractivity contribution >= 4 is 11.9 Å². The molecule has 1 aromatic rings. The van der Waals surface area contributed by atoms with Gasteiger partial charge >= 0.3 is 11.9 Å². The fourth-order valence-corrected chi connectivity index (χ4v) is 3.76. The molecule has 0 amide bonds. The van der Waals surface area contributed by atoms with Crippen LogP contribution in [0.15, 0.2) is 30.3 Å². The van der Waals surface area contributed by atoms with Gasteiger partial charge in [0.2, 0.25) is 0 Å². The molecule has 0 saturated heterocycles. The van der Waals surface area contributed by atoms with E-state index in [2.05, 4.69) is 0 Å². The molecule has 1 aromatic carbocycles. The SMILES string of the molecule is COC(=O)C1CC(OC(C)=O)(C(CC(C)(C)c2ccccc2)[N+](=O)[O-])C1. The predicted octanol–water partition coefficient (Wildman–Crippen LogP) is 2.88. The lowest BCUT2D eigenvalue weighted by Gasteiger charge is -2.47. The Kier molecular flexibility index (Phi) is 5.68. The Balaban J connectivity index is 2.29.